The predicted octanol–water partition coefficient (Wildman–Crippen LogP) is 2.85. The highest BCUT2D eigenvalue weighted by Crippen LogP contribution is 2.38. The molecule has 1 heterocycles. The Hall–Kier alpha value is -2.27. The summed E-state index contributed by atoms with van der Waals surface area (Å²) in [5.41, 5.74) is 1.46. The molecular weight excluding hydrogens is 273 g/mol. The summed E-state index contributed by atoms with van der Waals surface area (Å²) in [6.07, 6.45) is 0. The van der Waals surface area contributed by atoms with Crippen LogP contribution in [0.1, 0.15) is 11.1 Å². The zero-order valence-electron chi connectivity index (χ0n) is 11.7. The van der Waals surface area contributed by atoms with E-state index in [-0.39, 0.29) is 19.2 Å². The molecule has 0 spiro atoms. The highest BCUT2D eigenvalue weighted by molar-refractivity contribution is 5.51. The second-order valence-corrected chi connectivity index (χ2v) is 4.72. The van der Waals surface area contributed by atoms with Gasteiger partial charge in [-0.25, -0.2) is 4.39 Å². The quantitative estimate of drug-likeness (QED) is 0.919. The van der Waals surface area contributed by atoms with Crippen LogP contribution in [0.15, 0.2) is 36.4 Å². The Morgan fingerprint density at radius 1 is 1.14 bits per heavy atom. The number of nitrogens with one attached hydrogen (secondary N) is 1. The fraction of sp³-hybridized carbons (Fsp3) is 0.250. The number of hydrogen-bond acceptors (Lipinski definition) is 4. The Balaban J connectivity index is 1.82. The van der Waals surface area contributed by atoms with Crippen LogP contribution in [0.2, 0.25) is 0 Å². The average Bonchev–Trinajstić information content (AvgIpc) is 2.94. The van der Waals surface area contributed by atoms with Crippen molar-refractivity contribution in [3.8, 4) is 17.2 Å². The SMILES string of the molecule is CNCc1cc2c(cc1OCc1ccccc1F)OCO2. The van der Waals surface area contributed by atoms with E-state index in [1.807, 2.05) is 13.1 Å². The largest absolute Gasteiger partial charge is 0.488 e. The lowest BCUT2D eigenvalue weighted by atomic mass is 10.1. The maximum absolute atomic E-state index is 13.6. The van der Waals surface area contributed by atoms with Crippen molar-refractivity contribution in [3.05, 3.63) is 53.3 Å². The van der Waals surface area contributed by atoms with Crippen LogP contribution in [0.25, 0.3) is 0 Å². The van der Waals surface area contributed by atoms with Crippen LogP contribution in [0.4, 0.5) is 4.39 Å². The smallest absolute Gasteiger partial charge is 0.231 e. The number of benzene rings is 2. The minimum Gasteiger partial charge on any atom is -0.488 e. The van der Waals surface area contributed by atoms with Gasteiger partial charge in [0.15, 0.2) is 11.5 Å². The van der Waals surface area contributed by atoms with Crippen molar-refractivity contribution in [2.75, 3.05) is 13.8 Å². The normalized spacial score (nSPS) is 12.5. The molecule has 2 aromatic rings. The molecule has 0 bridgehead atoms. The fourth-order valence-electron chi connectivity index (χ4n) is 2.20. The lowest BCUT2D eigenvalue weighted by Gasteiger charge is -2.13. The number of hydrogen-bond donors (Lipinski definition) is 1. The van der Waals surface area contributed by atoms with Crippen molar-refractivity contribution in [1.29, 1.82) is 0 Å². The average molecular weight is 289 g/mol. The van der Waals surface area contributed by atoms with E-state index in [0.29, 0.717) is 29.4 Å². The first kappa shape index (κ1) is 13.7. The Morgan fingerprint density at radius 3 is 2.67 bits per heavy atom. The van der Waals surface area contributed by atoms with Gasteiger partial charge in [-0.3, -0.25) is 0 Å². The van der Waals surface area contributed by atoms with E-state index < -0.39 is 0 Å². The number of fused-ring (bicyclic) bond motifs is 1. The predicted molar refractivity (Wildman–Crippen MR) is 76.1 cm³/mol. The van der Waals surface area contributed by atoms with Crippen molar-refractivity contribution in [1.82, 2.24) is 5.32 Å². The van der Waals surface area contributed by atoms with E-state index in [2.05, 4.69) is 5.32 Å². The summed E-state index contributed by atoms with van der Waals surface area (Å²) in [5.74, 6) is 1.75. The number of halogens is 1. The van der Waals surface area contributed by atoms with Crippen LogP contribution in [-0.2, 0) is 13.2 Å². The van der Waals surface area contributed by atoms with Gasteiger partial charge in [0.2, 0.25) is 6.79 Å². The molecule has 0 saturated heterocycles. The topological polar surface area (TPSA) is 39.7 Å². The van der Waals surface area contributed by atoms with E-state index in [1.54, 1.807) is 24.3 Å². The van der Waals surface area contributed by atoms with Crippen LogP contribution in [0, 0.1) is 5.82 Å². The fourth-order valence-corrected chi connectivity index (χ4v) is 2.20. The molecule has 0 radical (unpaired) electrons. The Kier molecular flexibility index (Phi) is 3.92. The first-order chi connectivity index (χ1) is 10.3. The maximum Gasteiger partial charge on any atom is 0.231 e. The van der Waals surface area contributed by atoms with Crippen molar-refractivity contribution >= 4 is 0 Å². The minimum absolute atomic E-state index is 0.170. The van der Waals surface area contributed by atoms with Crippen LogP contribution >= 0.6 is 0 Å². The Labute approximate surface area is 122 Å². The zero-order valence-corrected chi connectivity index (χ0v) is 11.7. The molecule has 3 rings (SSSR count). The summed E-state index contributed by atoms with van der Waals surface area (Å²) in [7, 11) is 1.85. The third kappa shape index (κ3) is 2.92. The highest BCUT2D eigenvalue weighted by Gasteiger charge is 2.18. The molecule has 110 valence electrons. The summed E-state index contributed by atoms with van der Waals surface area (Å²) in [6, 6.07) is 10.3. The molecule has 4 nitrogen and oxygen atoms in total. The molecule has 0 unspecified atom stereocenters. The van der Waals surface area contributed by atoms with Crippen molar-refractivity contribution < 1.29 is 18.6 Å². The lowest BCUT2D eigenvalue weighted by molar-refractivity contribution is 0.173. The summed E-state index contributed by atoms with van der Waals surface area (Å²) >= 11 is 0. The van der Waals surface area contributed by atoms with E-state index in [9.17, 15) is 4.39 Å². The molecular formula is C16H16FNO3. The standard InChI is InChI=1S/C16H16FNO3/c1-18-8-12-6-15-16(21-10-20-15)7-14(12)19-9-11-4-2-3-5-13(11)17/h2-7,18H,8-10H2,1H3. The van der Waals surface area contributed by atoms with Gasteiger partial charge >= 0.3 is 0 Å². The highest BCUT2D eigenvalue weighted by atomic mass is 19.1. The zero-order chi connectivity index (χ0) is 14.7. The van der Waals surface area contributed by atoms with Crippen molar-refractivity contribution in [3.63, 3.8) is 0 Å². The molecule has 1 aliphatic heterocycles. The molecule has 0 atom stereocenters. The summed E-state index contributed by atoms with van der Waals surface area (Å²) < 4.78 is 30.1. The molecule has 0 aliphatic carbocycles. The summed E-state index contributed by atoms with van der Waals surface area (Å²) in [4.78, 5) is 0. The van der Waals surface area contributed by atoms with Gasteiger partial charge in [-0.2, -0.15) is 0 Å². The van der Waals surface area contributed by atoms with Crippen molar-refractivity contribution in [2.45, 2.75) is 13.2 Å². The monoisotopic (exact) mass is 289 g/mol. The summed E-state index contributed by atoms with van der Waals surface area (Å²) in [5, 5.41) is 3.07. The van der Waals surface area contributed by atoms with E-state index in [4.69, 9.17) is 14.2 Å². The van der Waals surface area contributed by atoms with E-state index in [0.717, 1.165) is 5.56 Å². The second-order valence-electron chi connectivity index (χ2n) is 4.72. The molecule has 1 aliphatic rings. The lowest BCUT2D eigenvalue weighted by Crippen LogP contribution is -2.08. The first-order valence-corrected chi connectivity index (χ1v) is 6.71. The molecule has 0 amide bonds. The molecule has 0 saturated carbocycles. The molecule has 2 aromatic carbocycles. The number of ether oxygens (including phenoxy) is 3. The van der Waals surface area contributed by atoms with Gasteiger partial charge in [0.05, 0.1) is 0 Å². The molecule has 5 heteroatoms. The second kappa shape index (κ2) is 6.01. The summed E-state index contributed by atoms with van der Waals surface area (Å²) in [6.45, 7) is 1.01. The minimum atomic E-state index is -0.270. The van der Waals surface area contributed by atoms with Gasteiger partial charge in [-0.05, 0) is 19.2 Å². The maximum atomic E-state index is 13.6. The van der Waals surface area contributed by atoms with Gasteiger partial charge in [-0.15, -0.1) is 0 Å². The Morgan fingerprint density at radius 2 is 1.90 bits per heavy atom. The Bertz CT molecular complexity index is 645. The van der Waals surface area contributed by atoms with Gasteiger partial charge in [0.25, 0.3) is 0 Å². The van der Waals surface area contributed by atoms with Gasteiger partial charge in [0.1, 0.15) is 18.2 Å². The van der Waals surface area contributed by atoms with Crippen molar-refractivity contribution in [2.24, 2.45) is 0 Å². The van der Waals surface area contributed by atoms with E-state index >= 15 is 0 Å². The van der Waals surface area contributed by atoms with Crippen LogP contribution in [-0.4, -0.2) is 13.8 Å². The molecule has 21 heavy (non-hydrogen) atoms. The molecule has 0 fully saturated rings. The van der Waals surface area contributed by atoms with Gasteiger partial charge in [0, 0.05) is 23.7 Å². The first-order valence-electron chi connectivity index (χ1n) is 6.71. The van der Waals surface area contributed by atoms with Crippen LogP contribution in [0.5, 0.6) is 17.2 Å². The molecule has 1 N–H and O–H groups in total. The van der Waals surface area contributed by atoms with E-state index in [1.165, 1.54) is 6.07 Å². The number of rotatable bonds is 5. The molecule has 0 aromatic heterocycles. The van der Waals surface area contributed by atoms with Gasteiger partial charge in [-0.1, -0.05) is 18.2 Å². The third-order valence-corrected chi connectivity index (χ3v) is 3.26. The third-order valence-electron chi connectivity index (χ3n) is 3.26. The van der Waals surface area contributed by atoms with Gasteiger partial charge < -0.3 is 19.5 Å². The van der Waals surface area contributed by atoms with Crippen LogP contribution in [0.3, 0.4) is 0 Å². The van der Waals surface area contributed by atoms with Crippen LogP contribution < -0.4 is 19.5 Å².